The molecule has 6 nitrogen and oxygen atoms in total. The van der Waals surface area contributed by atoms with Gasteiger partial charge in [-0.15, -0.1) is 0 Å². The number of aryl methyl sites for hydroxylation is 2. The Balaban J connectivity index is 1.29. The summed E-state index contributed by atoms with van der Waals surface area (Å²) in [6, 6.07) is 5.89. The summed E-state index contributed by atoms with van der Waals surface area (Å²) in [6.45, 7) is 1.35. The van der Waals surface area contributed by atoms with Crippen LogP contribution >= 0.6 is 0 Å². The highest BCUT2D eigenvalue weighted by atomic mass is 19.1. The lowest BCUT2D eigenvalue weighted by Gasteiger charge is -2.35. The van der Waals surface area contributed by atoms with Crippen molar-refractivity contribution in [2.45, 2.75) is 50.7 Å². The molecule has 1 N–H and O–H groups in total. The Labute approximate surface area is 175 Å². The van der Waals surface area contributed by atoms with E-state index in [9.17, 15) is 14.3 Å². The maximum Gasteiger partial charge on any atom is 0.272 e. The van der Waals surface area contributed by atoms with Gasteiger partial charge in [0.2, 0.25) is 0 Å². The lowest BCUT2D eigenvalue weighted by atomic mass is 9.78. The molecular weight excluding hydrogens is 385 g/mol. The Morgan fingerprint density at radius 2 is 1.83 bits per heavy atom. The van der Waals surface area contributed by atoms with E-state index in [-0.39, 0.29) is 23.7 Å². The molecule has 30 heavy (non-hydrogen) atoms. The minimum Gasteiger partial charge on any atom is -0.488 e. The minimum atomic E-state index is -0.587. The number of fused-ring (bicyclic) bond motifs is 2. The first-order valence-corrected chi connectivity index (χ1v) is 10.9. The minimum absolute atomic E-state index is 0.0630. The molecule has 1 saturated carbocycles. The molecular formula is C23H28FN3O3. The van der Waals surface area contributed by atoms with Crippen molar-refractivity contribution in [1.29, 1.82) is 0 Å². The van der Waals surface area contributed by atoms with Crippen LogP contribution in [0.5, 0.6) is 5.75 Å². The quantitative estimate of drug-likeness (QED) is 0.840. The van der Waals surface area contributed by atoms with Crippen molar-refractivity contribution < 1.29 is 19.0 Å². The predicted molar refractivity (Wildman–Crippen MR) is 109 cm³/mol. The van der Waals surface area contributed by atoms with Gasteiger partial charge in [0.15, 0.2) is 0 Å². The van der Waals surface area contributed by atoms with Crippen LogP contribution in [0.2, 0.25) is 0 Å². The molecule has 1 aliphatic heterocycles. The van der Waals surface area contributed by atoms with Crippen molar-refractivity contribution in [2.24, 2.45) is 18.9 Å². The van der Waals surface area contributed by atoms with Crippen LogP contribution in [-0.4, -0.2) is 51.0 Å². The number of ether oxygens (including phenoxy) is 1. The second-order valence-electron chi connectivity index (χ2n) is 8.98. The first kappa shape index (κ1) is 19.5. The third kappa shape index (κ3) is 3.49. The van der Waals surface area contributed by atoms with E-state index in [1.165, 1.54) is 12.1 Å². The zero-order chi connectivity index (χ0) is 20.8. The van der Waals surface area contributed by atoms with Gasteiger partial charge in [0.05, 0.1) is 11.8 Å². The molecule has 0 unspecified atom stereocenters. The number of rotatable bonds is 3. The summed E-state index contributed by atoms with van der Waals surface area (Å²) in [7, 11) is 1.87. The highest BCUT2D eigenvalue weighted by molar-refractivity contribution is 5.94. The van der Waals surface area contributed by atoms with Crippen LogP contribution < -0.4 is 4.74 Å². The second-order valence-corrected chi connectivity index (χ2v) is 8.98. The predicted octanol–water partition coefficient (Wildman–Crippen LogP) is 2.73. The van der Waals surface area contributed by atoms with Crippen LogP contribution in [0, 0.1) is 17.7 Å². The van der Waals surface area contributed by atoms with E-state index in [1.807, 2.05) is 11.9 Å². The molecule has 1 amide bonds. The van der Waals surface area contributed by atoms with Crippen molar-refractivity contribution in [3.8, 4) is 5.75 Å². The highest BCUT2D eigenvalue weighted by Crippen LogP contribution is 2.39. The molecule has 2 heterocycles. The molecule has 1 saturated heterocycles. The molecule has 2 aromatic rings. The van der Waals surface area contributed by atoms with Crippen LogP contribution in [0.25, 0.3) is 0 Å². The van der Waals surface area contributed by atoms with Gasteiger partial charge < -0.3 is 14.7 Å². The summed E-state index contributed by atoms with van der Waals surface area (Å²) in [5.74, 6) is 0.890. The van der Waals surface area contributed by atoms with Crippen molar-refractivity contribution in [3.05, 3.63) is 47.0 Å². The molecule has 0 spiro atoms. The number of benzene rings is 1. The SMILES string of the molecule is Cn1nc2c(c1C(=O)N1C[C@H]3C[C@@H](Oc4ccc(F)cc4)[C@H](O)C[C@H]3C1)CCCC2. The third-order valence-electron chi connectivity index (χ3n) is 6.99. The summed E-state index contributed by atoms with van der Waals surface area (Å²) in [5, 5.41) is 15.2. The number of aromatic nitrogens is 2. The molecule has 5 rings (SSSR count). The molecule has 0 radical (unpaired) electrons. The number of aliphatic hydroxyl groups is 1. The molecule has 0 bridgehead atoms. The molecule has 3 aliphatic rings. The molecule has 2 fully saturated rings. The Bertz CT molecular complexity index is 942. The largest absolute Gasteiger partial charge is 0.488 e. The second kappa shape index (κ2) is 7.69. The van der Waals surface area contributed by atoms with Crippen LogP contribution in [0.15, 0.2) is 24.3 Å². The number of likely N-dealkylation sites (tertiary alicyclic amines) is 1. The third-order valence-corrected chi connectivity index (χ3v) is 6.99. The van der Waals surface area contributed by atoms with Crippen LogP contribution in [0.3, 0.4) is 0 Å². The van der Waals surface area contributed by atoms with Gasteiger partial charge in [0.1, 0.15) is 23.4 Å². The average Bonchev–Trinajstić information content (AvgIpc) is 3.29. The fourth-order valence-electron chi connectivity index (χ4n) is 5.47. The average molecular weight is 413 g/mol. The van der Waals surface area contributed by atoms with Gasteiger partial charge in [-0.2, -0.15) is 5.10 Å². The van der Waals surface area contributed by atoms with E-state index < -0.39 is 6.10 Å². The first-order valence-electron chi connectivity index (χ1n) is 10.9. The van der Waals surface area contributed by atoms with Crippen LogP contribution in [-0.2, 0) is 19.9 Å². The number of carbonyl (C=O) groups excluding carboxylic acids is 1. The van der Waals surface area contributed by atoms with Crippen molar-refractivity contribution in [2.75, 3.05) is 13.1 Å². The maximum absolute atomic E-state index is 13.4. The standard InChI is InChI=1S/C23H28FN3O3/c1-26-22(18-4-2-3-5-19(18)25-26)23(29)27-12-14-10-20(28)21(11-15(14)13-27)30-17-8-6-16(24)7-9-17/h6-9,14-15,20-21,28H,2-5,10-13H2,1H3/t14-,15+,20+,21+/m0/s1. The number of nitrogens with zero attached hydrogens (tertiary/aromatic N) is 3. The smallest absolute Gasteiger partial charge is 0.272 e. The van der Waals surface area contributed by atoms with E-state index in [0.717, 1.165) is 42.6 Å². The van der Waals surface area contributed by atoms with E-state index >= 15 is 0 Å². The van der Waals surface area contributed by atoms with Gasteiger partial charge in [-0.1, -0.05) is 0 Å². The van der Waals surface area contributed by atoms with Crippen LogP contribution in [0.1, 0.15) is 47.4 Å². The Hall–Kier alpha value is -2.41. The number of aliphatic hydroxyl groups excluding tert-OH is 1. The lowest BCUT2D eigenvalue weighted by molar-refractivity contribution is -0.0231. The summed E-state index contributed by atoms with van der Waals surface area (Å²) in [6.07, 6.45) is 4.51. The zero-order valence-corrected chi connectivity index (χ0v) is 17.3. The number of amides is 1. The summed E-state index contributed by atoms with van der Waals surface area (Å²) in [5.41, 5.74) is 2.94. The fraction of sp³-hybridized carbons (Fsp3) is 0.565. The number of carbonyl (C=O) groups is 1. The monoisotopic (exact) mass is 413 g/mol. The normalized spacial score (nSPS) is 28.2. The Morgan fingerprint density at radius 3 is 2.60 bits per heavy atom. The Kier molecular flexibility index (Phi) is 5.01. The number of halogens is 1. The molecule has 4 atom stereocenters. The van der Waals surface area contributed by atoms with Gasteiger partial charge in [-0.25, -0.2) is 4.39 Å². The van der Waals surface area contributed by atoms with Crippen molar-refractivity contribution >= 4 is 5.91 Å². The zero-order valence-electron chi connectivity index (χ0n) is 17.3. The molecule has 1 aromatic heterocycles. The van der Waals surface area contributed by atoms with Gasteiger partial charge in [-0.05, 0) is 74.6 Å². The number of hydrogen-bond acceptors (Lipinski definition) is 4. The van der Waals surface area contributed by atoms with E-state index in [1.54, 1.807) is 16.8 Å². The van der Waals surface area contributed by atoms with E-state index in [0.29, 0.717) is 37.6 Å². The van der Waals surface area contributed by atoms with Gasteiger partial charge >= 0.3 is 0 Å². The molecule has 7 heteroatoms. The van der Waals surface area contributed by atoms with Crippen molar-refractivity contribution in [3.63, 3.8) is 0 Å². The summed E-state index contributed by atoms with van der Waals surface area (Å²) in [4.78, 5) is 15.3. The molecule has 2 aliphatic carbocycles. The highest BCUT2D eigenvalue weighted by Gasteiger charge is 2.44. The molecule has 160 valence electrons. The van der Waals surface area contributed by atoms with E-state index in [2.05, 4.69) is 5.10 Å². The molecule has 1 aromatic carbocycles. The van der Waals surface area contributed by atoms with Gasteiger partial charge in [-0.3, -0.25) is 9.48 Å². The summed E-state index contributed by atoms with van der Waals surface area (Å²) < 4.78 is 20.9. The first-order chi connectivity index (χ1) is 14.5. The van der Waals surface area contributed by atoms with Crippen molar-refractivity contribution in [1.82, 2.24) is 14.7 Å². The fourth-order valence-corrected chi connectivity index (χ4v) is 5.47. The van der Waals surface area contributed by atoms with E-state index in [4.69, 9.17) is 4.74 Å². The lowest BCUT2D eigenvalue weighted by Crippen LogP contribution is -2.42. The topological polar surface area (TPSA) is 67.6 Å². The summed E-state index contributed by atoms with van der Waals surface area (Å²) >= 11 is 0. The number of hydrogen-bond donors (Lipinski definition) is 1. The van der Waals surface area contributed by atoms with Gasteiger partial charge in [0, 0.05) is 25.7 Å². The Morgan fingerprint density at radius 1 is 1.13 bits per heavy atom. The van der Waals surface area contributed by atoms with Crippen LogP contribution in [0.4, 0.5) is 4.39 Å². The maximum atomic E-state index is 13.4. The van der Waals surface area contributed by atoms with Gasteiger partial charge in [0.25, 0.3) is 5.91 Å².